The average Bonchev–Trinajstić information content (AvgIpc) is 3.20. The summed E-state index contributed by atoms with van der Waals surface area (Å²) in [6.07, 6.45) is 5.13. The lowest BCUT2D eigenvalue weighted by atomic mass is 9.46. The summed E-state index contributed by atoms with van der Waals surface area (Å²) >= 11 is 0. The Morgan fingerprint density at radius 2 is 1.87 bits per heavy atom. The van der Waals surface area contributed by atoms with Gasteiger partial charge in [0.25, 0.3) is 0 Å². The molecule has 5 fully saturated rings. The van der Waals surface area contributed by atoms with Gasteiger partial charge in [0, 0.05) is 18.7 Å². The lowest BCUT2D eigenvalue weighted by Gasteiger charge is -2.66. The molecule has 2 aliphatic heterocycles. The third kappa shape index (κ3) is 2.20. The van der Waals surface area contributed by atoms with Crippen LogP contribution in [0.15, 0.2) is 18.2 Å². The van der Waals surface area contributed by atoms with Crippen molar-refractivity contribution >= 4 is 11.8 Å². The van der Waals surface area contributed by atoms with E-state index in [1.807, 2.05) is 26.0 Å². The Bertz CT molecular complexity index is 925. The lowest BCUT2D eigenvalue weighted by Crippen LogP contribution is -2.71. The van der Waals surface area contributed by atoms with Crippen molar-refractivity contribution in [2.45, 2.75) is 58.0 Å². The average molecular weight is 411 g/mol. The molecule has 1 aromatic carbocycles. The molecule has 3 unspecified atom stereocenters. The van der Waals surface area contributed by atoms with Gasteiger partial charge in [-0.15, -0.1) is 0 Å². The van der Waals surface area contributed by atoms with E-state index in [4.69, 9.17) is 9.47 Å². The highest BCUT2D eigenvalue weighted by atomic mass is 16.7. The molecule has 2 amide bonds. The normalized spacial score (nSPS) is 39.8. The van der Waals surface area contributed by atoms with E-state index in [-0.39, 0.29) is 36.1 Å². The van der Waals surface area contributed by atoms with Crippen LogP contribution in [0.4, 0.5) is 0 Å². The first-order chi connectivity index (χ1) is 14.4. The topological polar surface area (TPSA) is 67.9 Å². The second kappa shape index (κ2) is 5.92. The highest BCUT2D eigenvalue weighted by molar-refractivity contribution is 5.91. The number of carbonyl (C=O) groups is 2. The molecule has 1 N–H and O–H groups in total. The number of nitrogens with zero attached hydrogens (tertiary/aromatic N) is 1. The van der Waals surface area contributed by atoms with E-state index in [1.54, 1.807) is 7.05 Å². The smallest absolute Gasteiger partial charge is 0.231 e. The van der Waals surface area contributed by atoms with Gasteiger partial charge < -0.3 is 19.7 Å². The van der Waals surface area contributed by atoms with Crippen LogP contribution in [0.25, 0.3) is 0 Å². The van der Waals surface area contributed by atoms with E-state index in [2.05, 4.69) is 16.3 Å². The van der Waals surface area contributed by atoms with Crippen molar-refractivity contribution in [1.82, 2.24) is 10.2 Å². The van der Waals surface area contributed by atoms with Gasteiger partial charge in [0.05, 0.1) is 16.9 Å². The first kappa shape index (κ1) is 18.5. The molecule has 30 heavy (non-hydrogen) atoms. The van der Waals surface area contributed by atoms with Gasteiger partial charge in [-0.1, -0.05) is 12.1 Å². The van der Waals surface area contributed by atoms with Crippen molar-refractivity contribution in [2.75, 3.05) is 13.8 Å². The van der Waals surface area contributed by atoms with Crippen LogP contribution in [0.2, 0.25) is 0 Å². The van der Waals surface area contributed by atoms with Crippen LogP contribution >= 0.6 is 0 Å². The molecule has 6 nitrogen and oxygen atoms in total. The minimum Gasteiger partial charge on any atom is -0.454 e. The number of fused-ring (bicyclic) bond motifs is 1. The molecular formula is C24H30N2O4. The molecule has 0 spiro atoms. The predicted octanol–water partition coefficient (Wildman–Crippen LogP) is 3.27. The van der Waals surface area contributed by atoms with Crippen molar-refractivity contribution < 1.29 is 19.1 Å². The van der Waals surface area contributed by atoms with Crippen LogP contribution in [0, 0.1) is 28.6 Å². The Morgan fingerprint density at radius 1 is 1.13 bits per heavy atom. The van der Waals surface area contributed by atoms with E-state index >= 15 is 0 Å². The summed E-state index contributed by atoms with van der Waals surface area (Å²) in [5.74, 6) is 3.44. The number of amides is 2. The Balaban J connectivity index is 1.38. The zero-order valence-electron chi connectivity index (χ0n) is 17.9. The fraction of sp³-hybridized carbons (Fsp3) is 0.667. The maximum atomic E-state index is 13.4. The fourth-order valence-electron chi connectivity index (χ4n) is 7.86. The summed E-state index contributed by atoms with van der Waals surface area (Å²) in [4.78, 5) is 28.4. The molecular weight excluding hydrogens is 380 g/mol. The number of hydrogen-bond donors (Lipinski definition) is 1. The second-order valence-corrected chi connectivity index (χ2v) is 10.7. The van der Waals surface area contributed by atoms with Crippen molar-refractivity contribution in [1.29, 1.82) is 0 Å². The number of β-lactam (4-membered cyclic amide) rings is 1. The van der Waals surface area contributed by atoms with Gasteiger partial charge >= 0.3 is 0 Å². The summed E-state index contributed by atoms with van der Waals surface area (Å²) in [5, 5.41) is 2.93. The molecule has 0 aromatic heterocycles. The van der Waals surface area contributed by atoms with Gasteiger partial charge in [0.15, 0.2) is 11.5 Å². The van der Waals surface area contributed by atoms with Gasteiger partial charge in [0.2, 0.25) is 18.6 Å². The number of rotatable bonds is 3. The largest absolute Gasteiger partial charge is 0.454 e. The maximum absolute atomic E-state index is 13.4. The lowest BCUT2D eigenvalue weighted by molar-refractivity contribution is -0.199. The summed E-state index contributed by atoms with van der Waals surface area (Å²) in [6.45, 7) is 4.33. The maximum Gasteiger partial charge on any atom is 0.231 e. The second-order valence-electron chi connectivity index (χ2n) is 10.7. The summed E-state index contributed by atoms with van der Waals surface area (Å²) in [6, 6.07) is 6.22. The monoisotopic (exact) mass is 410 g/mol. The summed E-state index contributed by atoms with van der Waals surface area (Å²) in [5.41, 5.74) is 0.379. The summed E-state index contributed by atoms with van der Waals surface area (Å²) < 4.78 is 11.4. The zero-order chi connectivity index (χ0) is 20.8. The molecule has 160 valence electrons. The van der Waals surface area contributed by atoms with Gasteiger partial charge in [0.1, 0.15) is 0 Å². The number of carbonyl (C=O) groups excluding carboxylic acids is 2. The molecule has 4 saturated carbocycles. The molecule has 4 aliphatic carbocycles. The van der Waals surface area contributed by atoms with Crippen LogP contribution in [0.3, 0.4) is 0 Å². The SMILES string of the molecule is CNC(=O)C12CC3CC(C1)C(N1C(=O)C(C)(C)C1c1cccc4c1OCO4)C(C3)C2. The van der Waals surface area contributed by atoms with E-state index in [1.165, 1.54) is 0 Å². The number of hydrogen-bond acceptors (Lipinski definition) is 4. The Morgan fingerprint density at radius 3 is 2.57 bits per heavy atom. The number of nitrogens with one attached hydrogen (secondary N) is 1. The van der Waals surface area contributed by atoms with Crippen molar-refractivity contribution in [3.8, 4) is 11.5 Å². The molecule has 1 aromatic rings. The van der Waals surface area contributed by atoms with Gasteiger partial charge in [-0.2, -0.15) is 0 Å². The molecule has 4 bridgehead atoms. The quantitative estimate of drug-likeness (QED) is 0.777. The standard InChI is InChI=1S/C24H30N2O4/c1-23(2)20(16-5-4-6-17-19(16)30-12-29-17)26(22(23)28)18-14-7-13-8-15(18)11-24(9-13,10-14)21(27)25-3/h4-6,13-15,18,20H,7-12H2,1-3H3,(H,25,27). The molecule has 6 heteroatoms. The predicted molar refractivity (Wildman–Crippen MR) is 110 cm³/mol. The van der Waals surface area contributed by atoms with E-state index in [9.17, 15) is 9.59 Å². The highest BCUT2D eigenvalue weighted by Crippen LogP contribution is 2.65. The molecule has 6 aliphatic rings. The van der Waals surface area contributed by atoms with E-state index in [0.29, 0.717) is 17.8 Å². The van der Waals surface area contributed by atoms with Crippen molar-refractivity contribution in [3.63, 3.8) is 0 Å². The number of ether oxygens (including phenoxy) is 2. The third-order valence-electron chi connectivity index (χ3n) is 8.72. The van der Waals surface area contributed by atoms with Crippen LogP contribution in [0.1, 0.15) is 57.6 Å². The Kier molecular flexibility index (Phi) is 3.66. The van der Waals surface area contributed by atoms with Crippen molar-refractivity contribution in [2.24, 2.45) is 28.6 Å². The minimum absolute atomic E-state index is 0.0138. The van der Waals surface area contributed by atoms with Gasteiger partial charge in [-0.25, -0.2) is 0 Å². The van der Waals surface area contributed by atoms with Gasteiger partial charge in [-0.3, -0.25) is 9.59 Å². The number of likely N-dealkylation sites (tertiary alicyclic amines) is 1. The Hall–Kier alpha value is -2.24. The zero-order valence-corrected chi connectivity index (χ0v) is 17.9. The fourth-order valence-corrected chi connectivity index (χ4v) is 7.86. The molecule has 1 saturated heterocycles. The number of benzene rings is 1. The summed E-state index contributed by atoms with van der Waals surface area (Å²) in [7, 11) is 1.76. The molecule has 7 rings (SSSR count). The number of para-hydroxylation sites is 1. The van der Waals surface area contributed by atoms with Crippen LogP contribution in [-0.2, 0) is 9.59 Å². The molecule has 0 radical (unpaired) electrons. The van der Waals surface area contributed by atoms with Crippen LogP contribution in [-0.4, -0.2) is 36.6 Å². The van der Waals surface area contributed by atoms with Crippen LogP contribution < -0.4 is 14.8 Å². The highest BCUT2D eigenvalue weighted by Gasteiger charge is 2.65. The first-order valence-electron chi connectivity index (χ1n) is 11.3. The Labute approximate surface area is 177 Å². The minimum atomic E-state index is -0.464. The third-order valence-corrected chi connectivity index (χ3v) is 8.72. The van der Waals surface area contributed by atoms with E-state index in [0.717, 1.165) is 49.2 Å². The van der Waals surface area contributed by atoms with Gasteiger partial charge in [-0.05, 0) is 69.8 Å². The van der Waals surface area contributed by atoms with Crippen LogP contribution in [0.5, 0.6) is 11.5 Å². The molecule has 2 heterocycles. The van der Waals surface area contributed by atoms with Crippen molar-refractivity contribution in [3.05, 3.63) is 23.8 Å². The molecule has 3 atom stereocenters. The first-order valence-corrected chi connectivity index (χ1v) is 11.3. The van der Waals surface area contributed by atoms with E-state index < -0.39 is 5.41 Å².